The Morgan fingerprint density at radius 3 is 0.871 bits per heavy atom. The van der Waals surface area contributed by atoms with Crippen LogP contribution in [0.2, 0.25) is 0 Å². The second kappa shape index (κ2) is 10.4. The summed E-state index contributed by atoms with van der Waals surface area (Å²) in [6.07, 6.45) is 10.1. The molecule has 2 aliphatic rings. The predicted molar refractivity (Wildman–Crippen MR) is 128 cm³/mol. The van der Waals surface area contributed by atoms with Gasteiger partial charge >= 0.3 is 0 Å². The first-order chi connectivity index (χ1) is 14.7. The van der Waals surface area contributed by atoms with Gasteiger partial charge in [0.2, 0.25) is 0 Å². The number of hydrogen-bond acceptors (Lipinski definition) is 5. The van der Waals surface area contributed by atoms with E-state index in [-0.39, 0.29) is 34.4 Å². The van der Waals surface area contributed by atoms with Crippen LogP contribution in [0.15, 0.2) is 0 Å². The molecule has 0 unspecified atom stereocenters. The van der Waals surface area contributed by atoms with Crippen molar-refractivity contribution in [3.63, 3.8) is 0 Å². The Bertz CT molecular complexity index is 459. The normalized spacial score (nSPS) is 26.9. The van der Waals surface area contributed by atoms with E-state index in [0.29, 0.717) is 0 Å². The molecule has 31 heavy (non-hydrogen) atoms. The van der Waals surface area contributed by atoms with Gasteiger partial charge in [-0.1, -0.05) is 55.4 Å². The minimum absolute atomic E-state index is 0.180. The van der Waals surface area contributed by atoms with E-state index in [9.17, 15) is 10.2 Å². The summed E-state index contributed by atoms with van der Waals surface area (Å²) in [5.41, 5.74) is -0.721. The second-order valence-corrected chi connectivity index (χ2v) is 10.5. The number of nitrogens with zero attached hydrogens (tertiary/aromatic N) is 2. The molecule has 0 aromatic carbocycles. The van der Waals surface area contributed by atoms with Crippen molar-refractivity contribution in [3.05, 3.63) is 0 Å². The van der Waals surface area contributed by atoms with Crippen molar-refractivity contribution in [2.24, 2.45) is 0 Å². The molecule has 0 aliphatic carbocycles. The Hall–Kier alpha value is -0.200. The fraction of sp³-hybridized carbons (Fsp3) is 1.00. The van der Waals surface area contributed by atoms with E-state index in [2.05, 4.69) is 65.5 Å². The fourth-order valence-corrected chi connectivity index (χ4v) is 6.97. The number of aliphatic hydroxyl groups excluding tert-OH is 2. The Morgan fingerprint density at radius 2 is 0.710 bits per heavy atom. The third-order valence-electron chi connectivity index (χ3n) is 9.61. The molecular weight excluding hydrogens is 388 g/mol. The minimum atomic E-state index is -0.285. The molecule has 5 heteroatoms. The third kappa shape index (κ3) is 4.47. The molecule has 0 amide bonds. The molecule has 2 N–H and O–H groups in total. The number of aliphatic hydroxyl groups is 2. The molecule has 0 saturated carbocycles. The zero-order chi connectivity index (χ0) is 23.5. The van der Waals surface area contributed by atoms with Gasteiger partial charge in [-0.05, 0) is 77.0 Å². The van der Waals surface area contributed by atoms with Gasteiger partial charge in [0.15, 0.2) is 0 Å². The highest BCUT2D eigenvalue weighted by molar-refractivity contribution is 5.06. The van der Waals surface area contributed by atoms with Gasteiger partial charge in [-0.15, -0.1) is 0 Å². The average Bonchev–Trinajstić information content (AvgIpc) is 2.80. The molecule has 2 fully saturated rings. The summed E-state index contributed by atoms with van der Waals surface area (Å²) in [5.74, 6) is 0. The smallest absolute Gasteiger partial charge is 0.0577 e. The number of rotatable bonds is 10. The van der Waals surface area contributed by atoms with Crippen LogP contribution in [0.4, 0.5) is 0 Å². The monoisotopic (exact) mass is 440 g/mol. The maximum atomic E-state index is 10.9. The summed E-state index contributed by atoms with van der Waals surface area (Å²) in [6.45, 7) is 18.0. The van der Waals surface area contributed by atoms with Crippen molar-refractivity contribution in [1.82, 2.24) is 10.1 Å². The van der Waals surface area contributed by atoms with E-state index in [1.807, 2.05) is 0 Å². The number of piperidine rings is 2. The van der Waals surface area contributed by atoms with E-state index in [0.717, 1.165) is 77.0 Å². The molecular formula is C26H52N2O3. The van der Waals surface area contributed by atoms with E-state index in [4.69, 9.17) is 4.94 Å². The molecule has 0 aromatic rings. The molecule has 2 heterocycles. The quantitative estimate of drug-likeness (QED) is 0.437. The molecule has 2 rings (SSSR count). The highest BCUT2D eigenvalue weighted by atomic mass is 16.8. The molecule has 5 nitrogen and oxygen atoms in total. The van der Waals surface area contributed by atoms with Crippen molar-refractivity contribution in [2.45, 2.75) is 167 Å². The van der Waals surface area contributed by atoms with Gasteiger partial charge < -0.3 is 10.2 Å². The van der Waals surface area contributed by atoms with Gasteiger partial charge in [0, 0.05) is 0 Å². The lowest BCUT2D eigenvalue weighted by atomic mass is 9.71. The van der Waals surface area contributed by atoms with Gasteiger partial charge in [0.1, 0.15) is 0 Å². The largest absolute Gasteiger partial charge is 0.393 e. The standard InChI is InChI=1S/C26H52N2O3/c1-9-23(10-2)17-21(29)18-24(11-3,12-4)27(23)31-28-25(13-5,14-6)19-22(30)20-26(28,15-7)16-8/h21-22,29-30H,9-20H2,1-8H3. The molecule has 0 spiro atoms. The molecule has 0 radical (unpaired) electrons. The van der Waals surface area contributed by atoms with Gasteiger partial charge in [-0.2, -0.15) is 10.1 Å². The van der Waals surface area contributed by atoms with Crippen molar-refractivity contribution in [3.8, 4) is 0 Å². The topological polar surface area (TPSA) is 56.2 Å². The van der Waals surface area contributed by atoms with Crippen molar-refractivity contribution in [2.75, 3.05) is 0 Å². The zero-order valence-electron chi connectivity index (χ0n) is 21.8. The minimum Gasteiger partial charge on any atom is -0.393 e. The van der Waals surface area contributed by atoms with Crippen LogP contribution in [0.1, 0.15) is 132 Å². The van der Waals surface area contributed by atoms with Crippen LogP contribution in [-0.4, -0.2) is 54.7 Å². The predicted octanol–water partition coefficient (Wildman–Crippen LogP) is 5.98. The van der Waals surface area contributed by atoms with Crippen LogP contribution in [0.3, 0.4) is 0 Å². The van der Waals surface area contributed by atoms with Gasteiger partial charge in [0.25, 0.3) is 0 Å². The highest BCUT2D eigenvalue weighted by Crippen LogP contribution is 2.51. The molecule has 2 aliphatic heterocycles. The van der Waals surface area contributed by atoms with E-state index < -0.39 is 0 Å². The summed E-state index contributed by atoms with van der Waals surface area (Å²) >= 11 is 0. The number of hydroxylamine groups is 4. The first kappa shape index (κ1) is 27.0. The lowest BCUT2D eigenvalue weighted by Gasteiger charge is -2.63. The van der Waals surface area contributed by atoms with Crippen LogP contribution in [0.25, 0.3) is 0 Å². The van der Waals surface area contributed by atoms with Gasteiger partial charge in [-0.25, -0.2) is 4.94 Å². The Kier molecular flexibility index (Phi) is 9.06. The summed E-state index contributed by atoms with van der Waals surface area (Å²) in [4.78, 5) is 7.26. The molecule has 184 valence electrons. The maximum absolute atomic E-state index is 10.9. The van der Waals surface area contributed by atoms with Crippen LogP contribution < -0.4 is 0 Å². The Morgan fingerprint density at radius 1 is 0.516 bits per heavy atom. The fourth-order valence-electron chi connectivity index (χ4n) is 6.97. The highest BCUT2D eigenvalue weighted by Gasteiger charge is 2.58. The van der Waals surface area contributed by atoms with Crippen LogP contribution >= 0.6 is 0 Å². The van der Waals surface area contributed by atoms with Crippen molar-refractivity contribution >= 4 is 0 Å². The van der Waals surface area contributed by atoms with Gasteiger partial charge in [-0.3, -0.25) is 0 Å². The van der Waals surface area contributed by atoms with Crippen LogP contribution in [-0.2, 0) is 4.94 Å². The lowest BCUT2D eigenvalue weighted by molar-refractivity contribution is -0.464. The summed E-state index contributed by atoms with van der Waals surface area (Å²) in [7, 11) is 0. The first-order valence-electron chi connectivity index (χ1n) is 13.3. The van der Waals surface area contributed by atoms with Gasteiger partial charge in [0.05, 0.1) is 34.4 Å². The van der Waals surface area contributed by atoms with Crippen LogP contribution in [0, 0.1) is 0 Å². The van der Waals surface area contributed by atoms with Crippen molar-refractivity contribution < 1.29 is 15.2 Å². The van der Waals surface area contributed by atoms with Crippen LogP contribution in [0.5, 0.6) is 0 Å². The van der Waals surface area contributed by atoms with E-state index in [1.54, 1.807) is 0 Å². The van der Waals surface area contributed by atoms with E-state index >= 15 is 0 Å². The summed E-state index contributed by atoms with van der Waals surface area (Å²) in [6, 6.07) is 0. The van der Waals surface area contributed by atoms with Crippen molar-refractivity contribution in [1.29, 1.82) is 0 Å². The Labute approximate surface area is 192 Å². The first-order valence-corrected chi connectivity index (χ1v) is 13.3. The summed E-state index contributed by atoms with van der Waals surface area (Å²) in [5, 5.41) is 26.6. The number of hydrogen-bond donors (Lipinski definition) is 2. The third-order valence-corrected chi connectivity index (χ3v) is 9.61. The molecule has 0 aromatic heterocycles. The zero-order valence-corrected chi connectivity index (χ0v) is 21.8. The molecule has 2 saturated heterocycles. The summed E-state index contributed by atoms with van der Waals surface area (Å²) < 4.78 is 0. The maximum Gasteiger partial charge on any atom is 0.0577 e. The Balaban J connectivity index is 2.65. The lowest BCUT2D eigenvalue weighted by Crippen LogP contribution is -2.72. The van der Waals surface area contributed by atoms with E-state index in [1.165, 1.54) is 0 Å². The SMILES string of the molecule is CCC1(CC)CC(O)CC(CC)(CC)N1ON1C(CC)(CC)CC(O)CC1(CC)CC. The second-order valence-electron chi connectivity index (χ2n) is 10.5. The molecule has 0 atom stereocenters. The molecule has 0 bridgehead atoms. The average molecular weight is 441 g/mol.